The fourth-order valence-corrected chi connectivity index (χ4v) is 3.39. The summed E-state index contributed by atoms with van der Waals surface area (Å²) in [6, 6.07) is 8.19. The summed E-state index contributed by atoms with van der Waals surface area (Å²) in [5, 5.41) is 21.5. The van der Waals surface area contributed by atoms with E-state index >= 15 is 0 Å². The second-order valence-electron chi connectivity index (χ2n) is 7.88. The number of amides is 1. The van der Waals surface area contributed by atoms with Crippen LogP contribution >= 0.6 is 0 Å². The van der Waals surface area contributed by atoms with E-state index in [4.69, 9.17) is 5.11 Å². The van der Waals surface area contributed by atoms with Crippen molar-refractivity contribution in [1.82, 2.24) is 19.7 Å². The van der Waals surface area contributed by atoms with Crippen molar-refractivity contribution in [3.8, 4) is 11.1 Å². The van der Waals surface area contributed by atoms with Gasteiger partial charge in [0.2, 0.25) is 11.9 Å². The molecule has 0 saturated carbocycles. The zero-order valence-electron chi connectivity index (χ0n) is 19.6. The molecule has 0 radical (unpaired) electrons. The van der Waals surface area contributed by atoms with E-state index in [0.717, 1.165) is 24.3 Å². The molecular formula is C25H21F4N7O2. The van der Waals surface area contributed by atoms with Crippen molar-refractivity contribution in [2.45, 2.75) is 12.7 Å². The molecule has 2 heterocycles. The zero-order valence-corrected chi connectivity index (χ0v) is 19.6. The first-order chi connectivity index (χ1) is 18.2. The minimum atomic E-state index is -4.51. The van der Waals surface area contributed by atoms with E-state index in [1.807, 2.05) is 0 Å². The molecule has 4 aromatic rings. The molecule has 0 bridgehead atoms. The number of aliphatic hydroxyl groups is 1. The number of benzene rings is 2. The average Bonchev–Trinajstić information content (AvgIpc) is 3.32. The Kier molecular flexibility index (Phi) is 7.67. The van der Waals surface area contributed by atoms with Gasteiger partial charge in [-0.1, -0.05) is 18.7 Å². The molecule has 0 aliphatic rings. The largest absolute Gasteiger partial charge is 0.416 e. The summed E-state index contributed by atoms with van der Waals surface area (Å²) in [5.74, 6) is -0.999. The van der Waals surface area contributed by atoms with Crippen molar-refractivity contribution in [3.05, 3.63) is 85.1 Å². The number of aromatic nitrogens is 4. The predicted molar refractivity (Wildman–Crippen MR) is 134 cm³/mol. The normalized spacial score (nSPS) is 11.2. The Morgan fingerprint density at radius 2 is 1.84 bits per heavy atom. The van der Waals surface area contributed by atoms with Crippen LogP contribution in [0.5, 0.6) is 0 Å². The fraction of sp³-hybridized carbons (Fsp3) is 0.120. The molecular weight excluding hydrogens is 506 g/mol. The van der Waals surface area contributed by atoms with Crippen molar-refractivity contribution < 1.29 is 27.5 Å². The van der Waals surface area contributed by atoms with Crippen molar-refractivity contribution in [2.24, 2.45) is 0 Å². The van der Waals surface area contributed by atoms with Crippen LogP contribution in [0.3, 0.4) is 0 Å². The highest BCUT2D eigenvalue weighted by molar-refractivity contribution is 5.99. The molecule has 0 saturated heterocycles. The number of nitrogens with one attached hydrogen (secondary N) is 3. The molecule has 4 rings (SSSR count). The first kappa shape index (κ1) is 26.3. The lowest BCUT2D eigenvalue weighted by molar-refractivity contribution is -0.137. The highest BCUT2D eigenvalue weighted by Crippen LogP contribution is 2.34. The maximum Gasteiger partial charge on any atom is 0.416 e. The summed E-state index contributed by atoms with van der Waals surface area (Å²) in [6.45, 7) is 3.54. The second-order valence-corrected chi connectivity index (χ2v) is 7.88. The number of aliphatic hydroxyl groups excluding tert-OH is 1. The van der Waals surface area contributed by atoms with Gasteiger partial charge in [0.1, 0.15) is 11.6 Å². The Hall–Kier alpha value is -4.78. The van der Waals surface area contributed by atoms with Crippen LogP contribution in [0.25, 0.3) is 11.1 Å². The average molecular weight is 527 g/mol. The number of halogens is 4. The Balaban J connectivity index is 1.72. The van der Waals surface area contributed by atoms with E-state index < -0.39 is 23.5 Å². The minimum Gasteiger partial charge on any atom is -0.394 e. The molecule has 0 aliphatic carbocycles. The zero-order chi connectivity index (χ0) is 27.3. The third-order valence-electron chi connectivity index (χ3n) is 5.20. The van der Waals surface area contributed by atoms with E-state index in [1.54, 1.807) is 6.20 Å². The molecule has 1 amide bonds. The van der Waals surface area contributed by atoms with E-state index in [-0.39, 0.29) is 36.3 Å². The molecule has 0 spiro atoms. The highest BCUT2D eigenvalue weighted by Gasteiger charge is 2.30. The van der Waals surface area contributed by atoms with E-state index in [2.05, 4.69) is 37.6 Å². The molecule has 38 heavy (non-hydrogen) atoms. The van der Waals surface area contributed by atoms with Crippen molar-refractivity contribution in [2.75, 3.05) is 22.6 Å². The van der Waals surface area contributed by atoms with Gasteiger partial charge >= 0.3 is 6.18 Å². The third kappa shape index (κ3) is 6.31. The first-order valence-electron chi connectivity index (χ1n) is 11.1. The Bertz CT molecular complexity index is 1450. The monoisotopic (exact) mass is 527 g/mol. The number of hydrogen-bond acceptors (Lipinski definition) is 7. The van der Waals surface area contributed by atoms with Gasteiger partial charge in [-0.2, -0.15) is 23.3 Å². The maximum atomic E-state index is 14.7. The first-order valence-corrected chi connectivity index (χ1v) is 11.1. The lowest BCUT2D eigenvalue weighted by Gasteiger charge is -2.15. The topological polar surface area (TPSA) is 117 Å². The summed E-state index contributed by atoms with van der Waals surface area (Å²) < 4.78 is 55.4. The van der Waals surface area contributed by atoms with Crippen molar-refractivity contribution >= 4 is 34.7 Å². The van der Waals surface area contributed by atoms with Crippen LogP contribution in [0.4, 0.5) is 46.4 Å². The van der Waals surface area contributed by atoms with Crippen LogP contribution in [-0.2, 0) is 17.5 Å². The summed E-state index contributed by atoms with van der Waals surface area (Å²) >= 11 is 0. The quantitative estimate of drug-likeness (QED) is 0.177. The minimum absolute atomic E-state index is 0.0551. The SMILES string of the molecule is C=CC(=O)Nc1ccc(F)c(Nc2nc(Nc3cnn(CCO)c3)ncc2-c2ccc(C(F)(F)F)cc2)c1. The molecule has 0 fully saturated rings. The Morgan fingerprint density at radius 1 is 1.08 bits per heavy atom. The molecule has 4 N–H and O–H groups in total. The summed E-state index contributed by atoms with van der Waals surface area (Å²) in [5.41, 5.74) is 0.539. The maximum absolute atomic E-state index is 14.7. The van der Waals surface area contributed by atoms with Gasteiger partial charge in [-0.25, -0.2) is 9.37 Å². The number of rotatable bonds is 9. The summed E-state index contributed by atoms with van der Waals surface area (Å²) in [6.07, 6.45) is 1.02. The number of carbonyl (C=O) groups is 1. The van der Waals surface area contributed by atoms with Gasteiger partial charge in [-0.05, 0) is 42.0 Å². The van der Waals surface area contributed by atoms with Gasteiger partial charge in [-0.15, -0.1) is 0 Å². The predicted octanol–water partition coefficient (Wildman–Crippen LogP) is 5.10. The van der Waals surface area contributed by atoms with E-state index in [9.17, 15) is 22.4 Å². The molecule has 9 nitrogen and oxygen atoms in total. The van der Waals surface area contributed by atoms with Crippen LogP contribution in [-0.4, -0.2) is 37.4 Å². The summed E-state index contributed by atoms with van der Waals surface area (Å²) in [7, 11) is 0. The number of alkyl halides is 3. The number of hydrogen-bond donors (Lipinski definition) is 4. The van der Waals surface area contributed by atoms with Gasteiger partial charge in [0.25, 0.3) is 0 Å². The van der Waals surface area contributed by atoms with Crippen LogP contribution in [0.15, 0.2) is 73.7 Å². The van der Waals surface area contributed by atoms with Crippen molar-refractivity contribution in [3.63, 3.8) is 0 Å². The molecule has 2 aromatic carbocycles. The highest BCUT2D eigenvalue weighted by atomic mass is 19.4. The number of anilines is 5. The fourth-order valence-electron chi connectivity index (χ4n) is 3.39. The van der Waals surface area contributed by atoms with Crippen LogP contribution in [0.1, 0.15) is 5.56 Å². The third-order valence-corrected chi connectivity index (χ3v) is 5.20. The second kappa shape index (κ2) is 11.1. The molecule has 196 valence electrons. The van der Waals surface area contributed by atoms with Gasteiger partial charge in [0.15, 0.2) is 0 Å². The van der Waals surface area contributed by atoms with E-state index in [1.165, 1.54) is 41.3 Å². The van der Waals surface area contributed by atoms with Crippen LogP contribution in [0, 0.1) is 5.82 Å². The molecule has 0 unspecified atom stereocenters. The smallest absolute Gasteiger partial charge is 0.394 e. The van der Waals surface area contributed by atoms with Crippen molar-refractivity contribution in [1.29, 1.82) is 0 Å². The molecule has 0 atom stereocenters. The van der Waals surface area contributed by atoms with Crippen LogP contribution < -0.4 is 16.0 Å². The summed E-state index contributed by atoms with van der Waals surface area (Å²) in [4.78, 5) is 20.3. The van der Waals surface area contributed by atoms with Crippen LogP contribution in [0.2, 0.25) is 0 Å². The van der Waals surface area contributed by atoms with Gasteiger partial charge in [-0.3, -0.25) is 9.48 Å². The molecule has 0 aliphatic heterocycles. The lowest BCUT2D eigenvalue weighted by atomic mass is 10.1. The van der Waals surface area contributed by atoms with Gasteiger partial charge < -0.3 is 21.1 Å². The van der Waals surface area contributed by atoms with Gasteiger partial charge in [0, 0.05) is 23.6 Å². The Morgan fingerprint density at radius 3 is 2.53 bits per heavy atom. The number of carbonyl (C=O) groups excluding carboxylic acids is 1. The molecule has 2 aromatic heterocycles. The lowest BCUT2D eigenvalue weighted by Crippen LogP contribution is -2.08. The van der Waals surface area contributed by atoms with Gasteiger partial charge in [0.05, 0.1) is 36.3 Å². The van der Waals surface area contributed by atoms with E-state index in [0.29, 0.717) is 16.8 Å². The Labute approximate surface area is 213 Å². The molecule has 13 heteroatoms. The number of nitrogens with zero attached hydrogens (tertiary/aromatic N) is 4. The standard InChI is InChI=1S/C25H21F4N7O2/c1-2-22(38)32-17-7-8-20(26)21(11-17)34-23-19(15-3-5-16(6-4-15)25(27,28)29)13-30-24(35-23)33-18-12-31-36(14-18)9-10-37/h2-8,11-14,37H,1,9-10H2,(H,32,38)(H2,30,33,34,35).